The van der Waals surface area contributed by atoms with Gasteiger partial charge in [0, 0.05) is 16.3 Å². The van der Waals surface area contributed by atoms with Crippen molar-refractivity contribution in [3.8, 4) is 33.4 Å². The van der Waals surface area contributed by atoms with E-state index in [9.17, 15) is 4.39 Å². The maximum atomic E-state index is 13.7. The van der Waals surface area contributed by atoms with E-state index in [0.29, 0.717) is 5.58 Å². The Kier molecular flexibility index (Phi) is 11.4. The summed E-state index contributed by atoms with van der Waals surface area (Å²) in [4.78, 5) is 0. The molecule has 1 aromatic heterocycles. The van der Waals surface area contributed by atoms with Crippen LogP contribution < -0.4 is 0 Å². The van der Waals surface area contributed by atoms with Gasteiger partial charge in [-0.15, -0.1) is 0 Å². The molecule has 0 saturated carbocycles. The Morgan fingerprint density at radius 1 is 0.448 bits per heavy atom. The summed E-state index contributed by atoms with van der Waals surface area (Å²) in [7, 11) is 0. The van der Waals surface area contributed by atoms with Gasteiger partial charge in [-0.05, 0) is 101 Å². The average Bonchev–Trinajstić information content (AvgIpc) is 3.50. The van der Waals surface area contributed by atoms with E-state index >= 15 is 0 Å². The lowest BCUT2D eigenvalue weighted by Gasteiger charge is -2.10. The minimum Gasteiger partial charge on any atom is -0.455 e. The predicted octanol–water partition coefficient (Wildman–Crippen LogP) is 16.2. The molecule has 58 heavy (non-hydrogen) atoms. The largest absolute Gasteiger partial charge is 0.455 e. The van der Waals surface area contributed by atoms with Crippen molar-refractivity contribution in [3.63, 3.8) is 0 Å². The molecule has 0 amide bonds. The van der Waals surface area contributed by atoms with Gasteiger partial charge < -0.3 is 4.42 Å². The molecule has 1 nitrogen and oxygen atoms in total. The second-order valence-electron chi connectivity index (χ2n) is 14.8. The Hall–Kier alpha value is -7.03. The molecule has 282 valence electrons. The smallest absolute Gasteiger partial charge is 0.143 e. The predicted molar refractivity (Wildman–Crippen MR) is 245 cm³/mol. The van der Waals surface area contributed by atoms with Crippen molar-refractivity contribution < 1.29 is 8.81 Å². The molecule has 0 N–H and O–H groups in total. The van der Waals surface area contributed by atoms with Crippen molar-refractivity contribution in [2.75, 3.05) is 0 Å². The molecule has 0 atom stereocenters. The molecule has 9 aromatic rings. The minimum absolute atomic E-state index is 0.251. The van der Waals surface area contributed by atoms with Crippen molar-refractivity contribution in [1.82, 2.24) is 0 Å². The number of para-hydroxylation sites is 1. The van der Waals surface area contributed by atoms with Gasteiger partial charge in [-0.3, -0.25) is 0 Å². The number of furan rings is 1. The topological polar surface area (TPSA) is 13.1 Å². The van der Waals surface area contributed by atoms with Gasteiger partial charge >= 0.3 is 0 Å². The molecule has 0 unspecified atom stereocenters. The summed E-state index contributed by atoms with van der Waals surface area (Å²) in [5.74, 6) is -0.251. The van der Waals surface area contributed by atoms with Crippen molar-refractivity contribution in [3.05, 3.63) is 234 Å². The van der Waals surface area contributed by atoms with E-state index in [-0.39, 0.29) is 5.82 Å². The van der Waals surface area contributed by atoms with E-state index in [2.05, 4.69) is 172 Å². The number of benzene rings is 8. The molecule has 10 rings (SSSR count). The average molecular weight is 753 g/mol. The van der Waals surface area contributed by atoms with E-state index in [1.54, 1.807) is 6.07 Å². The molecule has 0 spiro atoms. The third kappa shape index (κ3) is 8.53. The van der Waals surface area contributed by atoms with Gasteiger partial charge in [0.25, 0.3) is 0 Å². The third-order valence-corrected chi connectivity index (χ3v) is 10.6. The van der Waals surface area contributed by atoms with Crippen molar-refractivity contribution in [2.24, 2.45) is 0 Å². The zero-order valence-electron chi connectivity index (χ0n) is 33.1. The summed E-state index contributed by atoms with van der Waals surface area (Å²) < 4.78 is 19.8. The maximum absolute atomic E-state index is 13.7. The van der Waals surface area contributed by atoms with Crippen LogP contribution in [0.3, 0.4) is 0 Å². The number of hydrogen-bond acceptors (Lipinski definition) is 1. The molecule has 1 aliphatic rings. The maximum Gasteiger partial charge on any atom is 0.143 e. The summed E-state index contributed by atoms with van der Waals surface area (Å²) in [6, 6.07) is 61.6. The van der Waals surface area contributed by atoms with Crippen LogP contribution in [0.4, 0.5) is 4.39 Å². The first-order chi connectivity index (χ1) is 28.4. The lowest BCUT2D eigenvalue weighted by atomic mass is 9.94. The number of aryl methyl sites for hydroxylation is 2. The van der Waals surface area contributed by atoms with E-state index < -0.39 is 0 Å². The zero-order chi connectivity index (χ0) is 39.8. The van der Waals surface area contributed by atoms with Crippen LogP contribution in [0.15, 0.2) is 216 Å². The Balaban J connectivity index is 0.000000131. The first-order valence-corrected chi connectivity index (χ1v) is 19.8. The Labute approximate surface area is 340 Å². The molecule has 0 saturated heterocycles. The van der Waals surface area contributed by atoms with Crippen molar-refractivity contribution in [2.45, 2.75) is 27.2 Å². The molecule has 1 heterocycles. The van der Waals surface area contributed by atoms with Gasteiger partial charge in [-0.2, -0.15) is 0 Å². The fraction of sp³-hybridized carbons (Fsp3) is 0.0714. The fourth-order valence-corrected chi connectivity index (χ4v) is 7.54. The van der Waals surface area contributed by atoms with Gasteiger partial charge in [0.05, 0.1) is 0 Å². The van der Waals surface area contributed by atoms with Gasteiger partial charge in [0.1, 0.15) is 17.0 Å². The Morgan fingerprint density at radius 3 is 1.83 bits per heavy atom. The van der Waals surface area contributed by atoms with E-state index in [0.717, 1.165) is 33.9 Å². The van der Waals surface area contributed by atoms with E-state index in [4.69, 9.17) is 4.42 Å². The number of hydrogen-bond donors (Lipinski definition) is 0. The van der Waals surface area contributed by atoms with Crippen LogP contribution in [0.2, 0.25) is 0 Å². The van der Waals surface area contributed by atoms with E-state index in [1.165, 1.54) is 73.0 Å². The molecular formula is C56H45FO. The highest BCUT2D eigenvalue weighted by Crippen LogP contribution is 2.38. The second kappa shape index (κ2) is 17.4. The van der Waals surface area contributed by atoms with Crippen molar-refractivity contribution >= 4 is 38.3 Å². The zero-order valence-corrected chi connectivity index (χ0v) is 33.1. The first kappa shape index (κ1) is 37.9. The highest BCUT2D eigenvalue weighted by Gasteiger charge is 2.14. The molecular weight excluding hydrogens is 708 g/mol. The summed E-state index contributed by atoms with van der Waals surface area (Å²) in [5.41, 5.74) is 15.1. The second-order valence-corrected chi connectivity index (χ2v) is 14.8. The van der Waals surface area contributed by atoms with Gasteiger partial charge in [-0.25, -0.2) is 4.39 Å². The summed E-state index contributed by atoms with van der Waals surface area (Å²) >= 11 is 0. The highest BCUT2D eigenvalue weighted by atomic mass is 19.1. The normalized spacial score (nSPS) is 12.2. The highest BCUT2D eigenvalue weighted by molar-refractivity contribution is 6.09. The van der Waals surface area contributed by atoms with Crippen LogP contribution in [-0.4, -0.2) is 0 Å². The van der Waals surface area contributed by atoms with Crippen molar-refractivity contribution in [1.29, 1.82) is 0 Å². The Bertz CT molecular complexity index is 2920. The van der Waals surface area contributed by atoms with Crippen LogP contribution in [0.25, 0.3) is 71.7 Å². The monoisotopic (exact) mass is 752 g/mol. The lowest BCUT2D eigenvalue weighted by Crippen LogP contribution is -1.86. The quantitative estimate of drug-likeness (QED) is 0.174. The van der Waals surface area contributed by atoms with Gasteiger partial charge in [-0.1, -0.05) is 199 Å². The lowest BCUT2D eigenvalue weighted by molar-refractivity contribution is 0.626. The van der Waals surface area contributed by atoms with Crippen LogP contribution in [0, 0.1) is 19.7 Å². The number of allylic oxidation sites excluding steroid dienone is 6. The Morgan fingerprint density at radius 2 is 1.07 bits per heavy atom. The number of halogens is 1. The van der Waals surface area contributed by atoms with Crippen LogP contribution in [-0.2, 0) is 0 Å². The number of fused-ring (bicyclic) bond motifs is 4. The van der Waals surface area contributed by atoms with E-state index in [1.807, 2.05) is 36.4 Å². The van der Waals surface area contributed by atoms with Gasteiger partial charge in [0.2, 0.25) is 0 Å². The first-order valence-electron chi connectivity index (χ1n) is 19.8. The molecule has 2 heteroatoms. The molecule has 8 aromatic carbocycles. The molecule has 1 aliphatic carbocycles. The fourth-order valence-electron chi connectivity index (χ4n) is 7.54. The summed E-state index contributed by atoms with van der Waals surface area (Å²) in [5, 5.41) is 4.38. The summed E-state index contributed by atoms with van der Waals surface area (Å²) in [6.07, 6.45) is 9.99. The van der Waals surface area contributed by atoms with Crippen LogP contribution in [0.5, 0.6) is 0 Å². The van der Waals surface area contributed by atoms with Crippen LogP contribution in [0.1, 0.15) is 30.0 Å². The SMILES string of the molecule is CC1=CCC=C(c2cccc3ccccc23)C=C1.Cc1cc(-c2ccccc2)ccc1-c1cccc2c1oc1ccc(F)cc12.Cc1ccc(-c2ccccc2)cc1. The molecule has 0 aliphatic heterocycles. The third-order valence-electron chi connectivity index (χ3n) is 10.6. The van der Waals surface area contributed by atoms with Gasteiger partial charge in [0.15, 0.2) is 0 Å². The minimum atomic E-state index is -0.251. The molecule has 0 bridgehead atoms. The number of rotatable bonds is 4. The van der Waals surface area contributed by atoms with Crippen LogP contribution >= 0.6 is 0 Å². The molecule has 0 fully saturated rings. The summed E-state index contributed by atoms with van der Waals surface area (Å²) in [6.45, 7) is 6.37. The molecule has 0 radical (unpaired) electrons. The standard InChI is InChI=1S/C25H17FO.C18H16.C13H12/c1-16-14-18(17-6-3-2-4-7-17)10-12-20(16)21-8-5-9-22-23-15-19(26)11-13-24(23)27-25(21)22;1-14-6-4-8-16(13-12-14)18-11-5-9-15-7-2-3-10-17(15)18;1-11-7-9-13(10-8-11)12-5-3-2-4-6-12/h2-15H,1H3;2-3,5-13H,4H2,1H3;2-10H,1H3.